The monoisotopic (exact) mass is 373 g/mol. The second-order valence-electron chi connectivity index (χ2n) is 6.35. The van der Waals surface area contributed by atoms with Gasteiger partial charge in [0.2, 0.25) is 5.91 Å². The number of pyridine rings is 1. The first-order valence-corrected chi connectivity index (χ1v) is 9.06. The fraction of sp³-hybridized carbons (Fsp3) is 0.529. The maximum Gasteiger partial charge on any atom is 0.412 e. The number of alkyl halides is 3. The van der Waals surface area contributed by atoms with Gasteiger partial charge in [-0.05, 0) is 68.5 Å². The van der Waals surface area contributed by atoms with Crippen LogP contribution < -0.4 is 10.5 Å². The van der Waals surface area contributed by atoms with Gasteiger partial charge in [0, 0.05) is 23.4 Å². The van der Waals surface area contributed by atoms with Crippen LogP contribution in [0.1, 0.15) is 38.5 Å². The van der Waals surface area contributed by atoms with Gasteiger partial charge in [0.1, 0.15) is 5.03 Å². The van der Waals surface area contributed by atoms with Gasteiger partial charge in [-0.25, -0.2) is 4.98 Å². The van der Waals surface area contributed by atoms with Crippen LogP contribution in [0.15, 0.2) is 35.5 Å². The molecule has 8 heteroatoms. The SMILES string of the molecule is C=C(CCC1CCC(C(=O)Nc2ccnc(SN)c2)CC1)C(F)(F)F. The van der Waals surface area contributed by atoms with E-state index in [1.54, 1.807) is 18.3 Å². The van der Waals surface area contributed by atoms with Gasteiger partial charge in [-0.15, -0.1) is 0 Å². The third-order valence-electron chi connectivity index (χ3n) is 4.60. The minimum Gasteiger partial charge on any atom is -0.326 e. The highest BCUT2D eigenvalue weighted by molar-refractivity contribution is 7.97. The molecule has 25 heavy (non-hydrogen) atoms. The predicted molar refractivity (Wildman–Crippen MR) is 92.8 cm³/mol. The van der Waals surface area contributed by atoms with E-state index in [4.69, 9.17) is 5.14 Å². The smallest absolute Gasteiger partial charge is 0.326 e. The summed E-state index contributed by atoms with van der Waals surface area (Å²) in [4.78, 5) is 16.4. The van der Waals surface area contributed by atoms with Crippen molar-refractivity contribution in [3.05, 3.63) is 30.5 Å². The van der Waals surface area contributed by atoms with E-state index in [2.05, 4.69) is 16.9 Å². The van der Waals surface area contributed by atoms with Gasteiger partial charge in [-0.1, -0.05) is 6.58 Å². The summed E-state index contributed by atoms with van der Waals surface area (Å²) in [6.45, 7) is 3.11. The molecule has 0 unspecified atom stereocenters. The van der Waals surface area contributed by atoms with Crippen molar-refractivity contribution in [3.8, 4) is 0 Å². The third-order valence-corrected chi connectivity index (χ3v) is 5.06. The van der Waals surface area contributed by atoms with Crippen LogP contribution in [0.2, 0.25) is 0 Å². The Morgan fingerprint density at radius 2 is 2.04 bits per heavy atom. The largest absolute Gasteiger partial charge is 0.412 e. The van der Waals surface area contributed by atoms with Crippen LogP contribution in [0, 0.1) is 11.8 Å². The summed E-state index contributed by atoms with van der Waals surface area (Å²) in [6, 6.07) is 3.41. The van der Waals surface area contributed by atoms with E-state index >= 15 is 0 Å². The normalized spacial score (nSPS) is 21.0. The van der Waals surface area contributed by atoms with Crippen LogP contribution in [-0.2, 0) is 4.79 Å². The molecule has 1 amide bonds. The number of halogens is 3. The summed E-state index contributed by atoms with van der Waals surface area (Å²) in [7, 11) is 0. The molecule has 0 atom stereocenters. The lowest BCUT2D eigenvalue weighted by molar-refractivity contribution is -0.121. The first-order valence-electron chi connectivity index (χ1n) is 8.18. The molecule has 2 rings (SSSR count). The highest BCUT2D eigenvalue weighted by Gasteiger charge is 2.32. The molecule has 1 aromatic heterocycles. The lowest BCUT2D eigenvalue weighted by Crippen LogP contribution is -2.27. The van der Waals surface area contributed by atoms with Crippen LogP contribution >= 0.6 is 11.9 Å². The van der Waals surface area contributed by atoms with Crippen molar-refractivity contribution in [3.63, 3.8) is 0 Å². The molecule has 138 valence electrons. The molecule has 3 N–H and O–H groups in total. The molecule has 0 radical (unpaired) electrons. The molecule has 1 aliphatic rings. The first kappa shape index (κ1) is 19.8. The fourth-order valence-corrected chi connectivity index (χ4v) is 3.35. The Balaban J connectivity index is 1.77. The average molecular weight is 373 g/mol. The van der Waals surface area contributed by atoms with Crippen molar-refractivity contribution in [1.82, 2.24) is 4.98 Å². The Kier molecular flexibility index (Phi) is 6.89. The lowest BCUT2D eigenvalue weighted by atomic mass is 9.79. The molecule has 1 saturated carbocycles. The highest BCUT2D eigenvalue weighted by atomic mass is 32.2. The molecule has 1 aromatic rings. The zero-order valence-corrected chi connectivity index (χ0v) is 14.6. The predicted octanol–water partition coefficient (Wildman–Crippen LogP) is 4.69. The van der Waals surface area contributed by atoms with E-state index in [0.29, 0.717) is 30.0 Å². The van der Waals surface area contributed by atoms with E-state index in [-0.39, 0.29) is 24.2 Å². The number of nitrogens with two attached hydrogens (primary N) is 1. The van der Waals surface area contributed by atoms with Gasteiger partial charge in [0.15, 0.2) is 0 Å². The van der Waals surface area contributed by atoms with E-state index in [1.165, 1.54) is 0 Å². The Hall–Kier alpha value is -1.54. The quantitative estimate of drug-likeness (QED) is 0.561. The number of carbonyl (C=O) groups excluding carboxylic acids is 1. The zero-order chi connectivity index (χ0) is 18.4. The Morgan fingerprint density at radius 1 is 1.36 bits per heavy atom. The standard InChI is InChI=1S/C17H22F3N3OS/c1-11(17(18,19)20)2-3-12-4-6-13(7-5-12)16(24)23-14-8-9-22-15(10-14)25-21/h8-10,12-13H,1-7,21H2,(H,22,23,24). The first-order chi connectivity index (χ1) is 11.8. The summed E-state index contributed by atoms with van der Waals surface area (Å²) >= 11 is 1.01. The summed E-state index contributed by atoms with van der Waals surface area (Å²) in [5.74, 6) is 0.0610. The van der Waals surface area contributed by atoms with Crippen LogP contribution in [0.25, 0.3) is 0 Å². The zero-order valence-electron chi connectivity index (χ0n) is 13.8. The Morgan fingerprint density at radius 3 is 2.64 bits per heavy atom. The van der Waals surface area contributed by atoms with Crippen LogP contribution in [0.3, 0.4) is 0 Å². The fourth-order valence-electron chi connectivity index (χ4n) is 3.03. The molecular formula is C17H22F3N3OS. The van der Waals surface area contributed by atoms with Crippen LogP contribution in [-0.4, -0.2) is 17.1 Å². The number of hydrogen-bond acceptors (Lipinski definition) is 4. The van der Waals surface area contributed by atoms with Crippen molar-refractivity contribution < 1.29 is 18.0 Å². The molecule has 4 nitrogen and oxygen atoms in total. The topological polar surface area (TPSA) is 68.0 Å². The maximum absolute atomic E-state index is 12.5. The van der Waals surface area contributed by atoms with E-state index in [9.17, 15) is 18.0 Å². The second-order valence-corrected chi connectivity index (χ2v) is 7.00. The third kappa shape index (κ3) is 6.04. The van der Waals surface area contributed by atoms with Crippen molar-refractivity contribution in [2.24, 2.45) is 17.0 Å². The second kappa shape index (κ2) is 8.71. The molecule has 0 spiro atoms. The van der Waals surface area contributed by atoms with Gasteiger partial charge in [-0.2, -0.15) is 13.2 Å². The number of hydrogen-bond donors (Lipinski definition) is 2. The lowest BCUT2D eigenvalue weighted by Gasteiger charge is -2.28. The van der Waals surface area contributed by atoms with Gasteiger partial charge in [0.25, 0.3) is 0 Å². The number of nitrogens with one attached hydrogen (secondary N) is 1. The minimum atomic E-state index is -4.30. The van der Waals surface area contributed by atoms with E-state index < -0.39 is 11.7 Å². The van der Waals surface area contributed by atoms with Gasteiger partial charge in [0.05, 0.1) is 0 Å². The molecule has 0 bridgehead atoms. The molecule has 0 aromatic carbocycles. The van der Waals surface area contributed by atoms with Crippen molar-refractivity contribution in [2.45, 2.75) is 49.7 Å². The maximum atomic E-state index is 12.5. The van der Waals surface area contributed by atoms with Gasteiger partial charge >= 0.3 is 6.18 Å². The minimum absolute atomic E-state index is 0.0262. The summed E-state index contributed by atoms with van der Waals surface area (Å²) in [6.07, 6.45) is 0.650. The average Bonchev–Trinajstić information content (AvgIpc) is 2.59. The number of amides is 1. The molecule has 1 aliphatic carbocycles. The Bertz CT molecular complexity index is 613. The van der Waals surface area contributed by atoms with Crippen molar-refractivity contribution >= 4 is 23.5 Å². The van der Waals surface area contributed by atoms with Gasteiger partial charge in [-0.3, -0.25) is 9.93 Å². The number of rotatable bonds is 6. The number of carbonyl (C=O) groups is 1. The summed E-state index contributed by atoms with van der Waals surface area (Å²) in [5.41, 5.74) is -0.0184. The number of anilines is 1. The molecular weight excluding hydrogens is 351 g/mol. The molecule has 0 aliphatic heterocycles. The number of aromatic nitrogens is 1. The number of nitrogens with zero attached hydrogens (tertiary/aromatic N) is 1. The van der Waals surface area contributed by atoms with Crippen molar-refractivity contribution in [1.29, 1.82) is 0 Å². The van der Waals surface area contributed by atoms with E-state index in [0.717, 1.165) is 24.8 Å². The molecule has 1 heterocycles. The van der Waals surface area contributed by atoms with Crippen LogP contribution in [0.4, 0.5) is 18.9 Å². The van der Waals surface area contributed by atoms with Crippen molar-refractivity contribution in [2.75, 3.05) is 5.32 Å². The number of allylic oxidation sites excluding steroid dienone is 1. The van der Waals surface area contributed by atoms with Gasteiger partial charge < -0.3 is 5.32 Å². The Labute approximate surface area is 149 Å². The highest BCUT2D eigenvalue weighted by Crippen LogP contribution is 2.35. The summed E-state index contributed by atoms with van der Waals surface area (Å²) < 4.78 is 37.4. The molecule has 1 fully saturated rings. The van der Waals surface area contributed by atoms with E-state index in [1.807, 2.05) is 0 Å². The molecule has 0 saturated heterocycles. The summed E-state index contributed by atoms with van der Waals surface area (Å²) in [5, 5.41) is 8.93. The van der Waals surface area contributed by atoms with Crippen LogP contribution in [0.5, 0.6) is 0 Å².